The van der Waals surface area contributed by atoms with Gasteiger partial charge in [0.25, 0.3) is 5.56 Å². The summed E-state index contributed by atoms with van der Waals surface area (Å²) in [6.07, 6.45) is 8.35. The quantitative estimate of drug-likeness (QED) is 0.564. The highest BCUT2D eigenvalue weighted by molar-refractivity contribution is 8.10. The first-order valence-corrected chi connectivity index (χ1v) is 8.90. The highest BCUT2D eigenvalue weighted by Gasteiger charge is 2.11. The molecule has 1 N–H and O–H groups in total. The average molecular weight is 357 g/mol. The van der Waals surface area contributed by atoms with Gasteiger partial charge in [-0.3, -0.25) is 9.36 Å². The maximum Gasteiger partial charge on any atom is 0.328 e. The minimum atomic E-state index is -0.440. The summed E-state index contributed by atoms with van der Waals surface area (Å²) in [5.74, 6) is 0. The molecule has 1 rings (SSSR count). The van der Waals surface area contributed by atoms with Gasteiger partial charge >= 0.3 is 5.69 Å². The Bertz CT molecular complexity index is 864. The Morgan fingerprint density at radius 1 is 1.48 bits per heavy atom. The number of aromatic amines is 1. The summed E-state index contributed by atoms with van der Waals surface area (Å²) >= 11 is 1.33. The van der Waals surface area contributed by atoms with Crippen LogP contribution < -0.4 is 11.2 Å². The molecule has 0 aliphatic carbocycles. The van der Waals surface area contributed by atoms with Crippen LogP contribution in [0.4, 0.5) is 0 Å². The molecule has 0 saturated heterocycles. The lowest BCUT2D eigenvalue weighted by Gasteiger charge is -2.09. The Balaban J connectivity index is 3.20. The van der Waals surface area contributed by atoms with Crippen LogP contribution in [0.5, 0.6) is 0 Å². The van der Waals surface area contributed by atoms with Crippen molar-refractivity contribution in [2.75, 3.05) is 0 Å². The number of rotatable bonds is 8. The molecule has 1 aromatic heterocycles. The van der Waals surface area contributed by atoms with Crippen molar-refractivity contribution in [2.45, 2.75) is 40.2 Å². The number of nitrogens with zero attached hydrogens (tertiary/aromatic N) is 2. The van der Waals surface area contributed by atoms with Gasteiger partial charge in [-0.1, -0.05) is 37.4 Å². The van der Waals surface area contributed by atoms with E-state index in [4.69, 9.17) is 5.26 Å². The number of hydrogen-bond acceptors (Lipinski definition) is 4. The highest BCUT2D eigenvalue weighted by atomic mass is 32.2. The predicted octanol–water partition coefficient (Wildman–Crippen LogP) is 3.97. The van der Waals surface area contributed by atoms with E-state index >= 15 is 0 Å². The third-order valence-electron chi connectivity index (χ3n) is 3.47. The van der Waals surface area contributed by atoms with Crippen LogP contribution in [0.2, 0.25) is 0 Å². The van der Waals surface area contributed by atoms with E-state index in [0.29, 0.717) is 17.6 Å². The molecule has 0 fully saturated rings. The van der Waals surface area contributed by atoms with Crippen LogP contribution in [0.3, 0.4) is 0 Å². The standard InChI is InChI=1S/C19H23N3O2S/c1-5-8-15(11-14(4)12-20)9-10-22-18(23)16(13-21-19(22)24)17(6-2)25-7-3/h6-8,11,13H,3,5,9-10H2,1-2,4H3,(H,21,24)/b14-11+,15-8-,17-6-. The number of thioether (sulfide) groups is 1. The summed E-state index contributed by atoms with van der Waals surface area (Å²) in [6.45, 7) is 9.47. The summed E-state index contributed by atoms with van der Waals surface area (Å²) in [6, 6.07) is 2.08. The van der Waals surface area contributed by atoms with E-state index in [1.807, 2.05) is 26.0 Å². The molecule has 0 radical (unpaired) electrons. The third kappa shape index (κ3) is 5.80. The lowest BCUT2D eigenvalue weighted by molar-refractivity contribution is 0.626. The van der Waals surface area contributed by atoms with Gasteiger partial charge in [0.05, 0.1) is 11.6 Å². The zero-order valence-electron chi connectivity index (χ0n) is 14.8. The number of aromatic nitrogens is 2. The second-order valence-corrected chi connectivity index (χ2v) is 6.29. The molecule has 0 aromatic carbocycles. The first kappa shape index (κ1) is 20.5. The number of H-pyrrole nitrogens is 1. The van der Waals surface area contributed by atoms with E-state index in [2.05, 4.69) is 17.6 Å². The lowest BCUT2D eigenvalue weighted by atomic mass is 10.1. The molecule has 132 valence electrons. The van der Waals surface area contributed by atoms with Crippen LogP contribution >= 0.6 is 11.8 Å². The normalized spacial score (nSPS) is 12.8. The summed E-state index contributed by atoms with van der Waals surface area (Å²) in [5, 5.41) is 10.6. The molecular weight excluding hydrogens is 334 g/mol. The Kier molecular flexibility index (Phi) is 8.51. The van der Waals surface area contributed by atoms with Crippen molar-refractivity contribution in [3.05, 3.63) is 74.0 Å². The number of nitriles is 1. The van der Waals surface area contributed by atoms with Gasteiger partial charge in [0.1, 0.15) is 0 Å². The van der Waals surface area contributed by atoms with Crippen molar-refractivity contribution in [3.63, 3.8) is 0 Å². The molecule has 6 heteroatoms. The molecule has 1 heterocycles. The van der Waals surface area contributed by atoms with E-state index in [9.17, 15) is 9.59 Å². The van der Waals surface area contributed by atoms with Gasteiger partial charge in [-0.2, -0.15) is 5.26 Å². The fourth-order valence-corrected chi connectivity index (χ4v) is 2.90. The van der Waals surface area contributed by atoms with Gasteiger partial charge in [0, 0.05) is 23.2 Å². The molecule has 0 atom stereocenters. The van der Waals surface area contributed by atoms with E-state index in [-0.39, 0.29) is 12.1 Å². The zero-order valence-corrected chi connectivity index (χ0v) is 15.7. The second kappa shape index (κ2) is 10.4. The Labute approximate surface area is 152 Å². The first-order valence-electron chi connectivity index (χ1n) is 8.02. The monoisotopic (exact) mass is 357 g/mol. The van der Waals surface area contributed by atoms with Crippen LogP contribution in [0.15, 0.2) is 57.1 Å². The summed E-state index contributed by atoms with van der Waals surface area (Å²) in [5.41, 5.74) is 1.20. The van der Waals surface area contributed by atoms with Gasteiger partial charge in [-0.15, -0.1) is 0 Å². The molecule has 0 aliphatic rings. The summed E-state index contributed by atoms with van der Waals surface area (Å²) < 4.78 is 1.20. The van der Waals surface area contributed by atoms with Crippen LogP contribution in [0, 0.1) is 11.3 Å². The smallest absolute Gasteiger partial charge is 0.313 e. The Hall–Kier alpha value is -2.52. The number of allylic oxidation sites excluding steroid dienone is 5. The van der Waals surface area contributed by atoms with Crippen molar-refractivity contribution in [1.82, 2.24) is 9.55 Å². The minimum Gasteiger partial charge on any atom is -0.313 e. The fraction of sp³-hybridized carbons (Fsp3) is 0.316. The number of nitrogens with one attached hydrogen (secondary N) is 1. The molecule has 0 unspecified atom stereocenters. The largest absolute Gasteiger partial charge is 0.328 e. The molecule has 0 amide bonds. The average Bonchev–Trinajstić information content (AvgIpc) is 2.60. The van der Waals surface area contributed by atoms with Crippen molar-refractivity contribution in [3.8, 4) is 6.07 Å². The van der Waals surface area contributed by atoms with Crippen LogP contribution in [0.25, 0.3) is 4.91 Å². The van der Waals surface area contributed by atoms with Gasteiger partial charge in [-0.05, 0) is 43.7 Å². The Morgan fingerprint density at radius 3 is 2.76 bits per heavy atom. The van der Waals surface area contributed by atoms with E-state index in [1.165, 1.54) is 22.5 Å². The summed E-state index contributed by atoms with van der Waals surface area (Å²) in [4.78, 5) is 28.1. The van der Waals surface area contributed by atoms with Crippen molar-refractivity contribution >= 4 is 16.7 Å². The fourth-order valence-electron chi connectivity index (χ4n) is 2.31. The molecule has 1 aromatic rings. The molecule has 0 saturated carbocycles. The third-order valence-corrected chi connectivity index (χ3v) is 4.34. The second-order valence-electron chi connectivity index (χ2n) is 5.28. The maximum absolute atomic E-state index is 12.7. The minimum absolute atomic E-state index is 0.249. The molecule has 0 spiro atoms. The molecule has 0 aliphatic heterocycles. The van der Waals surface area contributed by atoms with E-state index in [1.54, 1.807) is 18.4 Å². The van der Waals surface area contributed by atoms with Gasteiger partial charge in [-0.25, -0.2) is 4.79 Å². The lowest BCUT2D eigenvalue weighted by Crippen LogP contribution is -2.36. The van der Waals surface area contributed by atoms with Crippen LogP contribution in [-0.4, -0.2) is 9.55 Å². The van der Waals surface area contributed by atoms with E-state index in [0.717, 1.165) is 16.9 Å². The number of hydrogen-bond donors (Lipinski definition) is 1. The van der Waals surface area contributed by atoms with E-state index < -0.39 is 5.69 Å². The predicted molar refractivity (Wildman–Crippen MR) is 105 cm³/mol. The van der Waals surface area contributed by atoms with Crippen molar-refractivity contribution < 1.29 is 0 Å². The van der Waals surface area contributed by atoms with Crippen LogP contribution in [-0.2, 0) is 6.54 Å². The molecular formula is C19H23N3O2S. The van der Waals surface area contributed by atoms with Crippen LogP contribution in [0.1, 0.15) is 39.2 Å². The topological polar surface area (TPSA) is 78.7 Å². The molecule has 0 bridgehead atoms. The zero-order chi connectivity index (χ0) is 18.8. The summed E-state index contributed by atoms with van der Waals surface area (Å²) in [7, 11) is 0. The molecule has 5 nitrogen and oxygen atoms in total. The van der Waals surface area contributed by atoms with Crippen molar-refractivity contribution in [2.24, 2.45) is 0 Å². The highest BCUT2D eigenvalue weighted by Crippen LogP contribution is 2.24. The molecule has 25 heavy (non-hydrogen) atoms. The van der Waals surface area contributed by atoms with Gasteiger partial charge in [0.2, 0.25) is 0 Å². The van der Waals surface area contributed by atoms with Gasteiger partial charge in [0.15, 0.2) is 0 Å². The van der Waals surface area contributed by atoms with Gasteiger partial charge < -0.3 is 4.98 Å². The van der Waals surface area contributed by atoms with Crippen molar-refractivity contribution in [1.29, 1.82) is 5.26 Å². The SMILES string of the molecule is C=CS/C(=C\C)c1c[nH]c(=O)n(CCC(=C/CC)/C=C(\C)C#N)c1=O. The Morgan fingerprint density at radius 2 is 2.20 bits per heavy atom. The maximum atomic E-state index is 12.7. The first-order chi connectivity index (χ1) is 12.0.